The van der Waals surface area contributed by atoms with Gasteiger partial charge in [-0.25, -0.2) is 15.0 Å². The molecule has 0 aliphatic carbocycles. The van der Waals surface area contributed by atoms with Gasteiger partial charge in [-0.3, -0.25) is 9.78 Å². The van der Waals surface area contributed by atoms with E-state index in [2.05, 4.69) is 24.8 Å². The summed E-state index contributed by atoms with van der Waals surface area (Å²) in [6.07, 6.45) is 8.93. The van der Waals surface area contributed by atoms with E-state index in [0.29, 0.717) is 50.9 Å². The van der Waals surface area contributed by atoms with E-state index in [1.165, 1.54) is 0 Å². The molecular formula is C30H30N10O2. The fourth-order valence-corrected chi connectivity index (χ4v) is 5.47. The van der Waals surface area contributed by atoms with Crippen LogP contribution in [-0.2, 0) is 4.74 Å². The number of benzene rings is 1. The van der Waals surface area contributed by atoms with E-state index in [9.17, 15) is 4.79 Å². The fourth-order valence-electron chi connectivity index (χ4n) is 5.47. The van der Waals surface area contributed by atoms with Crippen molar-refractivity contribution in [2.45, 2.75) is 0 Å². The summed E-state index contributed by atoms with van der Waals surface area (Å²) in [4.78, 5) is 42.0. The minimum atomic E-state index is 0.0378. The monoisotopic (exact) mass is 562 g/mol. The molecule has 12 nitrogen and oxygen atoms in total. The molecule has 42 heavy (non-hydrogen) atoms. The molecule has 6 heterocycles. The van der Waals surface area contributed by atoms with Gasteiger partial charge in [-0.05, 0) is 42.5 Å². The van der Waals surface area contributed by atoms with Gasteiger partial charge in [0.25, 0.3) is 5.91 Å². The first-order chi connectivity index (χ1) is 20.6. The number of carbonyl (C=O) groups is 1. The molecular weight excluding hydrogens is 532 g/mol. The smallest absolute Gasteiger partial charge is 0.253 e. The van der Waals surface area contributed by atoms with Crippen LogP contribution in [0.1, 0.15) is 10.4 Å². The van der Waals surface area contributed by atoms with E-state index in [1.54, 1.807) is 24.8 Å². The molecule has 2 fully saturated rings. The molecule has 2 aliphatic heterocycles. The van der Waals surface area contributed by atoms with Gasteiger partial charge in [0.05, 0.1) is 18.9 Å². The Hall–Kier alpha value is -5.10. The minimum Gasteiger partial charge on any atom is -0.378 e. The molecule has 2 N–H and O–H groups in total. The molecule has 5 aromatic rings. The van der Waals surface area contributed by atoms with E-state index in [-0.39, 0.29) is 11.9 Å². The molecule has 212 valence electrons. The SMILES string of the molecule is Nc1ncc(-c2nc(N3CCOCC3)nc3c2ccn3-c2ccc(C(=O)N3CCN(c4ccncc4)CC3)cc2)cn1. The Bertz CT molecular complexity index is 1690. The first kappa shape index (κ1) is 25.8. The van der Waals surface area contributed by atoms with E-state index < -0.39 is 0 Å². The van der Waals surface area contributed by atoms with Crippen LogP contribution in [0.15, 0.2) is 73.4 Å². The van der Waals surface area contributed by atoms with Gasteiger partial charge in [0.1, 0.15) is 0 Å². The number of anilines is 3. The largest absolute Gasteiger partial charge is 0.378 e. The maximum atomic E-state index is 13.3. The predicted octanol–water partition coefficient (Wildman–Crippen LogP) is 2.65. The van der Waals surface area contributed by atoms with Crippen LogP contribution in [0.4, 0.5) is 17.6 Å². The summed E-state index contributed by atoms with van der Waals surface area (Å²) in [5.74, 6) is 0.867. The van der Waals surface area contributed by atoms with Crippen molar-refractivity contribution in [1.29, 1.82) is 0 Å². The third kappa shape index (κ3) is 4.96. The Morgan fingerprint density at radius 2 is 1.50 bits per heavy atom. The molecule has 0 bridgehead atoms. The van der Waals surface area contributed by atoms with Gasteiger partial charge in [0.2, 0.25) is 11.9 Å². The van der Waals surface area contributed by atoms with E-state index in [1.807, 2.05) is 58.1 Å². The van der Waals surface area contributed by atoms with Crippen LogP contribution in [0.25, 0.3) is 28.0 Å². The maximum absolute atomic E-state index is 13.3. The van der Waals surface area contributed by atoms with E-state index in [4.69, 9.17) is 20.4 Å². The number of morpholine rings is 1. The van der Waals surface area contributed by atoms with Crippen molar-refractivity contribution in [3.63, 3.8) is 0 Å². The summed E-state index contributed by atoms with van der Waals surface area (Å²) in [6.45, 7) is 5.57. The third-order valence-corrected chi connectivity index (χ3v) is 7.76. The highest BCUT2D eigenvalue weighted by molar-refractivity contribution is 5.95. The Morgan fingerprint density at radius 3 is 2.21 bits per heavy atom. The second-order valence-corrected chi connectivity index (χ2v) is 10.3. The van der Waals surface area contributed by atoms with Crippen molar-refractivity contribution in [3.05, 3.63) is 79.0 Å². The Kier molecular flexibility index (Phi) is 6.80. The molecule has 0 radical (unpaired) electrons. The zero-order valence-corrected chi connectivity index (χ0v) is 23.0. The molecule has 1 aromatic carbocycles. The summed E-state index contributed by atoms with van der Waals surface area (Å²) in [5, 5.41) is 0.868. The van der Waals surface area contributed by atoms with Crippen molar-refractivity contribution >= 4 is 34.5 Å². The first-order valence-corrected chi connectivity index (χ1v) is 14.0. The Balaban J connectivity index is 1.16. The number of carbonyl (C=O) groups excluding carboxylic acids is 1. The highest BCUT2D eigenvalue weighted by atomic mass is 16.5. The Morgan fingerprint density at radius 1 is 0.786 bits per heavy atom. The number of rotatable bonds is 5. The summed E-state index contributed by atoms with van der Waals surface area (Å²) in [7, 11) is 0. The van der Waals surface area contributed by atoms with E-state index >= 15 is 0 Å². The number of ether oxygens (including phenoxy) is 1. The number of hydrogen-bond acceptors (Lipinski definition) is 10. The van der Waals surface area contributed by atoms with Gasteiger partial charge >= 0.3 is 0 Å². The van der Waals surface area contributed by atoms with Crippen molar-refractivity contribution < 1.29 is 9.53 Å². The summed E-state index contributed by atoms with van der Waals surface area (Å²) in [5.41, 5.74) is 10.7. The highest BCUT2D eigenvalue weighted by Gasteiger charge is 2.23. The second-order valence-electron chi connectivity index (χ2n) is 10.3. The minimum absolute atomic E-state index is 0.0378. The molecule has 1 amide bonds. The number of amides is 1. The standard InChI is InChI=1S/C30H30N10O2/c31-29-33-19-22(20-34-29)26-25-7-10-40(27(25)36-30(35-26)39-15-17-42-18-16-39)24-3-1-21(2-4-24)28(41)38-13-11-37(12-14-38)23-5-8-32-9-6-23/h1-10,19-20H,11-18H2,(H2,31,33,34). The highest BCUT2D eigenvalue weighted by Crippen LogP contribution is 2.30. The number of pyridine rings is 1. The van der Waals surface area contributed by atoms with Crippen molar-refractivity contribution in [3.8, 4) is 16.9 Å². The first-order valence-electron chi connectivity index (χ1n) is 14.0. The quantitative estimate of drug-likeness (QED) is 0.341. The fraction of sp³-hybridized carbons (Fsp3) is 0.267. The summed E-state index contributed by atoms with van der Waals surface area (Å²) < 4.78 is 7.56. The van der Waals surface area contributed by atoms with Crippen LogP contribution in [0, 0.1) is 0 Å². The van der Waals surface area contributed by atoms with Gasteiger partial charge in [-0.1, -0.05) is 0 Å². The lowest BCUT2D eigenvalue weighted by Gasteiger charge is -2.36. The van der Waals surface area contributed by atoms with Crippen LogP contribution >= 0.6 is 0 Å². The van der Waals surface area contributed by atoms with Crippen LogP contribution in [0.5, 0.6) is 0 Å². The van der Waals surface area contributed by atoms with Crippen LogP contribution in [-0.4, -0.2) is 92.8 Å². The second kappa shape index (κ2) is 11.1. The molecule has 0 unspecified atom stereocenters. The van der Waals surface area contributed by atoms with Gasteiger partial charge < -0.3 is 29.7 Å². The van der Waals surface area contributed by atoms with Crippen molar-refractivity contribution in [1.82, 2.24) is 34.4 Å². The normalized spacial score (nSPS) is 15.8. The van der Waals surface area contributed by atoms with Crippen molar-refractivity contribution in [2.75, 3.05) is 68.0 Å². The zero-order valence-electron chi connectivity index (χ0n) is 23.0. The average Bonchev–Trinajstić information content (AvgIpc) is 3.49. The molecule has 7 rings (SSSR count). The van der Waals surface area contributed by atoms with Gasteiger partial charge in [-0.2, -0.15) is 4.98 Å². The molecule has 2 aliphatic rings. The number of nitrogen functional groups attached to an aromatic ring is 1. The van der Waals surface area contributed by atoms with Crippen LogP contribution in [0.3, 0.4) is 0 Å². The predicted molar refractivity (Wildman–Crippen MR) is 160 cm³/mol. The number of nitrogens with two attached hydrogens (primary N) is 1. The maximum Gasteiger partial charge on any atom is 0.253 e. The van der Waals surface area contributed by atoms with Crippen LogP contribution < -0.4 is 15.5 Å². The van der Waals surface area contributed by atoms with Crippen molar-refractivity contribution in [2.24, 2.45) is 0 Å². The van der Waals surface area contributed by atoms with Gasteiger partial charge in [0.15, 0.2) is 5.65 Å². The lowest BCUT2D eigenvalue weighted by atomic mass is 10.1. The molecule has 12 heteroatoms. The van der Waals surface area contributed by atoms with E-state index in [0.717, 1.165) is 46.8 Å². The number of fused-ring (bicyclic) bond motifs is 1. The molecule has 4 aromatic heterocycles. The summed E-state index contributed by atoms with van der Waals surface area (Å²) in [6, 6.07) is 13.7. The molecule has 0 atom stereocenters. The zero-order chi connectivity index (χ0) is 28.5. The van der Waals surface area contributed by atoms with Crippen LogP contribution in [0.2, 0.25) is 0 Å². The number of piperazine rings is 1. The van der Waals surface area contributed by atoms with Gasteiger partial charge in [-0.15, -0.1) is 0 Å². The van der Waals surface area contributed by atoms with Gasteiger partial charge in [0, 0.05) is 98.1 Å². The molecule has 2 saturated heterocycles. The topological polar surface area (TPSA) is 131 Å². The average molecular weight is 563 g/mol. The number of aromatic nitrogens is 6. The molecule has 0 saturated carbocycles. The third-order valence-electron chi connectivity index (χ3n) is 7.76. The number of nitrogens with zero attached hydrogens (tertiary/aromatic N) is 9. The Labute approximate surface area is 242 Å². The number of hydrogen-bond donors (Lipinski definition) is 1. The lowest BCUT2D eigenvalue weighted by molar-refractivity contribution is 0.0747. The lowest BCUT2D eigenvalue weighted by Crippen LogP contribution is -2.48. The summed E-state index contributed by atoms with van der Waals surface area (Å²) >= 11 is 0. The molecule has 0 spiro atoms.